The zero-order valence-corrected chi connectivity index (χ0v) is 11.9. The molecule has 6 heteroatoms. The number of anilines is 3. The number of aryl methyl sites for hydroxylation is 1. The fraction of sp³-hybridized carbons (Fsp3) is 0.0769. The normalized spacial score (nSPS) is 10.2. The number of nitrogen functional groups attached to an aromatic ring is 2. The van der Waals surface area contributed by atoms with Gasteiger partial charge >= 0.3 is 0 Å². The highest BCUT2D eigenvalue weighted by Gasteiger charge is 2.11. The number of carbonyl (C=O) groups is 1. The van der Waals surface area contributed by atoms with Gasteiger partial charge in [-0.3, -0.25) is 4.79 Å². The van der Waals surface area contributed by atoms with Gasteiger partial charge in [0, 0.05) is 22.0 Å². The smallest absolute Gasteiger partial charge is 0.258 e. The molecule has 1 heterocycles. The molecule has 0 aliphatic heterocycles. The third-order valence-corrected chi connectivity index (χ3v) is 3.44. The summed E-state index contributed by atoms with van der Waals surface area (Å²) in [6.45, 7) is 1.92. The van der Waals surface area contributed by atoms with Crippen molar-refractivity contribution in [1.82, 2.24) is 4.98 Å². The van der Waals surface area contributed by atoms with E-state index >= 15 is 0 Å². The molecule has 0 saturated heterocycles. The Kier molecular flexibility index (Phi) is 3.71. The van der Waals surface area contributed by atoms with Gasteiger partial charge in [0.05, 0.1) is 5.56 Å². The molecule has 0 aliphatic carbocycles. The van der Waals surface area contributed by atoms with Crippen LogP contribution < -0.4 is 16.8 Å². The molecule has 98 valence electrons. The van der Waals surface area contributed by atoms with Crippen LogP contribution in [0.4, 0.5) is 17.2 Å². The summed E-state index contributed by atoms with van der Waals surface area (Å²) < 4.78 is 0.887. The lowest BCUT2D eigenvalue weighted by Gasteiger charge is -2.08. The molecule has 0 aliphatic rings. The van der Waals surface area contributed by atoms with E-state index in [1.165, 1.54) is 0 Å². The molecule has 0 atom stereocenters. The fourth-order valence-corrected chi connectivity index (χ4v) is 1.80. The van der Waals surface area contributed by atoms with Crippen LogP contribution in [-0.4, -0.2) is 10.9 Å². The second-order valence-corrected chi connectivity index (χ2v) is 4.97. The minimum atomic E-state index is -0.313. The number of hydrogen-bond acceptors (Lipinski definition) is 4. The van der Waals surface area contributed by atoms with Gasteiger partial charge in [-0.15, -0.1) is 0 Å². The molecule has 0 fully saturated rings. The van der Waals surface area contributed by atoms with Crippen LogP contribution in [0, 0.1) is 6.92 Å². The molecule has 1 aromatic carbocycles. The third-order valence-electron chi connectivity index (χ3n) is 2.61. The lowest BCUT2D eigenvalue weighted by atomic mass is 10.1. The Morgan fingerprint density at radius 2 is 2.05 bits per heavy atom. The van der Waals surface area contributed by atoms with Crippen LogP contribution >= 0.6 is 15.9 Å². The number of hydrogen-bond donors (Lipinski definition) is 3. The lowest BCUT2D eigenvalue weighted by Crippen LogP contribution is -2.15. The van der Waals surface area contributed by atoms with Crippen LogP contribution in [0.25, 0.3) is 0 Å². The van der Waals surface area contributed by atoms with Crippen molar-refractivity contribution >= 4 is 39.0 Å². The lowest BCUT2D eigenvalue weighted by molar-refractivity contribution is 0.102. The van der Waals surface area contributed by atoms with Gasteiger partial charge in [0.15, 0.2) is 0 Å². The number of nitrogens with one attached hydrogen (secondary N) is 1. The highest BCUT2D eigenvalue weighted by Crippen LogP contribution is 2.20. The molecule has 0 unspecified atom stereocenters. The number of benzene rings is 1. The number of nitrogens with two attached hydrogens (primary N) is 2. The second-order valence-electron chi connectivity index (χ2n) is 4.12. The van der Waals surface area contributed by atoms with Crippen LogP contribution in [0.2, 0.25) is 0 Å². The van der Waals surface area contributed by atoms with Crippen molar-refractivity contribution in [2.24, 2.45) is 0 Å². The first-order valence-corrected chi connectivity index (χ1v) is 6.35. The Hall–Kier alpha value is -2.08. The third kappa shape index (κ3) is 3.03. The number of aromatic nitrogens is 1. The Morgan fingerprint density at radius 1 is 1.32 bits per heavy atom. The largest absolute Gasteiger partial charge is 0.399 e. The first-order valence-electron chi connectivity index (χ1n) is 5.56. The SMILES string of the molecule is Cc1cc(NC(=O)c2ccc(N)cc2N)ncc1Br. The molecule has 1 amide bonds. The summed E-state index contributed by atoms with van der Waals surface area (Å²) in [5.41, 5.74) is 13.6. The van der Waals surface area contributed by atoms with Crippen LogP contribution in [0.5, 0.6) is 0 Å². The maximum atomic E-state index is 12.1. The Labute approximate surface area is 119 Å². The topological polar surface area (TPSA) is 94.0 Å². The maximum Gasteiger partial charge on any atom is 0.258 e. The van der Waals surface area contributed by atoms with Crippen molar-refractivity contribution in [1.29, 1.82) is 0 Å². The molecule has 5 N–H and O–H groups in total. The number of carbonyl (C=O) groups excluding carboxylic acids is 1. The van der Waals surface area contributed by atoms with Crippen molar-refractivity contribution in [3.63, 3.8) is 0 Å². The van der Waals surface area contributed by atoms with Gasteiger partial charge < -0.3 is 16.8 Å². The van der Waals surface area contributed by atoms with Gasteiger partial charge in [0.1, 0.15) is 5.82 Å². The summed E-state index contributed by atoms with van der Waals surface area (Å²) in [7, 11) is 0. The van der Waals surface area contributed by atoms with E-state index in [-0.39, 0.29) is 5.91 Å². The van der Waals surface area contributed by atoms with Gasteiger partial charge in [-0.2, -0.15) is 0 Å². The van der Waals surface area contributed by atoms with E-state index in [1.807, 2.05) is 6.92 Å². The van der Waals surface area contributed by atoms with Crippen molar-refractivity contribution in [2.45, 2.75) is 6.92 Å². The van der Waals surface area contributed by atoms with Crippen LogP contribution in [0.15, 0.2) is 34.9 Å². The Bertz CT molecular complexity index is 643. The molecular formula is C13H13BrN4O. The van der Waals surface area contributed by atoms with Crippen molar-refractivity contribution < 1.29 is 4.79 Å². The maximum absolute atomic E-state index is 12.1. The molecule has 0 spiro atoms. The van der Waals surface area contributed by atoms with Gasteiger partial charge in [-0.05, 0) is 52.7 Å². The molecule has 0 radical (unpaired) electrons. The van der Waals surface area contributed by atoms with E-state index in [2.05, 4.69) is 26.2 Å². The molecule has 0 bridgehead atoms. The predicted octanol–water partition coefficient (Wildman–Crippen LogP) is 2.57. The first-order chi connectivity index (χ1) is 8.97. The van der Waals surface area contributed by atoms with Gasteiger partial charge in [0.2, 0.25) is 0 Å². The summed E-state index contributed by atoms with van der Waals surface area (Å²) in [5, 5.41) is 2.69. The summed E-state index contributed by atoms with van der Waals surface area (Å²) in [6.07, 6.45) is 1.64. The minimum absolute atomic E-state index is 0.313. The van der Waals surface area contributed by atoms with E-state index < -0.39 is 0 Å². The van der Waals surface area contributed by atoms with Crippen molar-refractivity contribution in [3.05, 3.63) is 46.1 Å². The Balaban J connectivity index is 2.23. The summed E-state index contributed by atoms with van der Waals surface area (Å²) in [4.78, 5) is 16.2. The monoisotopic (exact) mass is 320 g/mol. The van der Waals surface area contributed by atoms with Crippen molar-refractivity contribution in [2.75, 3.05) is 16.8 Å². The number of rotatable bonds is 2. The van der Waals surface area contributed by atoms with E-state index in [9.17, 15) is 4.79 Å². The molecular weight excluding hydrogens is 308 g/mol. The Morgan fingerprint density at radius 3 is 2.68 bits per heavy atom. The van der Waals surface area contributed by atoms with Gasteiger partial charge in [0.25, 0.3) is 5.91 Å². The second kappa shape index (κ2) is 5.27. The van der Waals surface area contributed by atoms with E-state index in [0.29, 0.717) is 22.8 Å². The molecule has 1 aromatic heterocycles. The van der Waals surface area contributed by atoms with E-state index in [1.54, 1.807) is 30.5 Å². The number of amides is 1. The van der Waals surface area contributed by atoms with Crippen LogP contribution in [-0.2, 0) is 0 Å². The summed E-state index contributed by atoms with van der Waals surface area (Å²) >= 11 is 3.35. The average Bonchev–Trinajstić information content (AvgIpc) is 2.33. The average molecular weight is 321 g/mol. The van der Waals surface area contributed by atoms with Crippen LogP contribution in [0.1, 0.15) is 15.9 Å². The highest BCUT2D eigenvalue weighted by molar-refractivity contribution is 9.10. The number of nitrogens with zero attached hydrogens (tertiary/aromatic N) is 1. The first kappa shape index (κ1) is 13.4. The quantitative estimate of drug-likeness (QED) is 0.741. The van der Waals surface area contributed by atoms with Crippen LogP contribution in [0.3, 0.4) is 0 Å². The predicted molar refractivity (Wildman–Crippen MR) is 79.9 cm³/mol. The fourth-order valence-electron chi connectivity index (χ4n) is 1.58. The summed E-state index contributed by atoms with van der Waals surface area (Å²) in [5.74, 6) is 0.161. The standard InChI is InChI=1S/C13H13BrN4O/c1-7-4-12(17-6-10(7)14)18-13(19)9-3-2-8(15)5-11(9)16/h2-6H,15-16H2,1H3,(H,17,18,19). The van der Waals surface area contributed by atoms with Gasteiger partial charge in [-0.1, -0.05) is 0 Å². The number of pyridine rings is 1. The molecule has 2 aromatic rings. The molecule has 0 saturated carbocycles. The van der Waals surface area contributed by atoms with E-state index in [4.69, 9.17) is 11.5 Å². The number of halogens is 1. The zero-order chi connectivity index (χ0) is 14.0. The zero-order valence-electron chi connectivity index (χ0n) is 10.3. The minimum Gasteiger partial charge on any atom is -0.399 e. The molecule has 19 heavy (non-hydrogen) atoms. The van der Waals surface area contributed by atoms with E-state index in [0.717, 1.165) is 10.0 Å². The van der Waals surface area contributed by atoms with Gasteiger partial charge in [-0.25, -0.2) is 4.98 Å². The summed E-state index contributed by atoms with van der Waals surface area (Å²) in [6, 6.07) is 6.54. The molecule has 5 nitrogen and oxygen atoms in total. The highest BCUT2D eigenvalue weighted by atomic mass is 79.9. The van der Waals surface area contributed by atoms with Crippen molar-refractivity contribution in [3.8, 4) is 0 Å². The molecule has 2 rings (SSSR count).